The lowest BCUT2D eigenvalue weighted by Gasteiger charge is -2.30. The highest BCUT2D eigenvalue weighted by Gasteiger charge is 2.14. The van der Waals surface area contributed by atoms with Gasteiger partial charge in [0.15, 0.2) is 0 Å². The van der Waals surface area contributed by atoms with Gasteiger partial charge in [0.25, 0.3) is 0 Å². The normalized spacial score (nSPS) is 15.8. The van der Waals surface area contributed by atoms with Crippen molar-refractivity contribution in [1.82, 2.24) is 5.32 Å². The summed E-state index contributed by atoms with van der Waals surface area (Å²) in [6.45, 7) is 9.58. The molecule has 1 aromatic rings. The molecule has 0 bridgehead atoms. The van der Waals surface area contributed by atoms with Crippen LogP contribution in [0.15, 0.2) is 24.3 Å². The SMILES string of the molecule is CC(C)CCCOc1ccccc1N1CCNCC1. The van der Waals surface area contributed by atoms with E-state index in [2.05, 4.69) is 48.3 Å². The summed E-state index contributed by atoms with van der Waals surface area (Å²) in [5.41, 5.74) is 1.24. The monoisotopic (exact) mass is 262 g/mol. The van der Waals surface area contributed by atoms with Crippen molar-refractivity contribution in [2.45, 2.75) is 26.7 Å². The number of piperazine rings is 1. The molecule has 0 spiro atoms. The van der Waals surface area contributed by atoms with Crippen LogP contribution < -0.4 is 15.0 Å². The minimum atomic E-state index is 0.756. The van der Waals surface area contributed by atoms with Crippen LogP contribution in [0.4, 0.5) is 5.69 Å². The number of benzene rings is 1. The highest BCUT2D eigenvalue weighted by atomic mass is 16.5. The second kappa shape index (κ2) is 7.39. The molecule has 0 saturated carbocycles. The zero-order chi connectivity index (χ0) is 13.5. The van der Waals surface area contributed by atoms with E-state index in [9.17, 15) is 0 Å². The van der Waals surface area contributed by atoms with Gasteiger partial charge in [-0.2, -0.15) is 0 Å². The Hall–Kier alpha value is -1.22. The second-order valence-corrected chi connectivity index (χ2v) is 5.59. The van der Waals surface area contributed by atoms with E-state index >= 15 is 0 Å². The number of nitrogens with one attached hydrogen (secondary N) is 1. The fourth-order valence-corrected chi connectivity index (χ4v) is 2.42. The number of rotatable bonds is 6. The van der Waals surface area contributed by atoms with E-state index in [0.717, 1.165) is 50.9 Å². The van der Waals surface area contributed by atoms with Gasteiger partial charge in [-0.1, -0.05) is 26.0 Å². The molecule has 3 heteroatoms. The molecule has 0 radical (unpaired) electrons. The summed E-state index contributed by atoms with van der Waals surface area (Å²) in [5.74, 6) is 1.79. The molecule has 0 amide bonds. The fraction of sp³-hybridized carbons (Fsp3) is 0.625. The highest BCUT2D eigenvalue weighted by Crippen LogP contribution is 2.28. The van der Waals surface area contributed by atoms with E-state index < -0.39 is 0 Å². The number of hydrogen-bond acceptors (Lipinski definition) is 3. The molecule has 1 aliphatic rings. The first-order chi connectivity index (χ1) is 9.27. The maximum absolute atomic E-state index is 5.98. The Morgan fingerprint density at radius 2 is 1.95 bits per heavy atom. The lowest BCUT2D eigenvalue weighted by molar-refractivity contribution is 0.297. The molecular formula is C16H26N2O. The van der Waals surface area contributed by atoms with Crippen LogP contribution in [-0.4, -0.2) is 32.8 Å². The molecule has 1 aromatic carbocycles. The van der Waals surface area contributed by atoms with Crippen LogP contribution in [0.1, 0.15) is 26.7 Å². The van der Waals surface area contributed by atoms with Crippen molar-refractivity contribution in [2.75, 3.05) is 37.7 Å². The van der Waals surface area contributed by atoms with Crippen LogP contribution in [0, 0.1) is 5.92 Å². The number of nitrogens with zero attached hydrogens (tertiary/aromatic N) is 1. The van der Waals surface area contributed by atoms with Crippen LogP contribution in [0.5, 0.6) is 5.75 Å². The maximum Gasteiger partial charge on any atom is 0.142 e. The average Bonchev–Trinajstić information content (AvgIpc) is 2.45. The highest BCUT2D eigenvalue weighted by molar-refractivity contribution is 5.58. The second-order valence-electron chi connectivity index (χ2n) is 5.59. The Morgan fingerprint density at radius 3 is 2.68 bits per heavy atom. The first-order valence-corrected chi connectivity index (χ1v) is 7.45. The standard InChI is InChI=1S/C16H26N2O/c1-14(2)6-5-13-19-16-8-4-3-7-15(16)18-11-9-17-10-12-18/h3-4,7-8,14,17H,5-6,9-13H2,1-2H3. The first kappa shape index (κ1) is 14.2. The Bertz CT molecular complexity index is 373. The molecule has 106 valence electrons. The van der Waals surface area contributed by atoms with Crippen molar-refractivity contribution >= 4 is 5.69 Å². The van der Waals surface area contributed by atoms with Crippen molar-refractivity contribution in [3.63, 3.8) is 0 Å². The number of hydrogen-bond donors (Lipinski definition) is 1. The summed E-state index contributed by atoms with van der Waals surface area (Å²) in [6.07, 6.45) is 2.36. The van der Waals surface area contributed by atoms with Crippen molar-refractivity contribution in [3.8, 4) is 5.75 Å². The van der Waals surface area contributed by atoms with Gasteiger partial charge < -0.3 is 15.0 Å². The third-order valence-electron chi connectivity index (χ3n) is 3.51. The largest absolute Gasteiger partial charge is 0.491 e. The van der Waals surface area contributed by atoms with Gasteiger partial charge in [-0.05, 0) is 30.9 Å². The molecule has 1 N–H and O–H groups in total. The summed E-state index contributed by atoms with van der Waals surface area (Å²) in [6, 6.07) is 8.41. The van der Waals surface area contributed by atoms with Gasteiger partial charge in [0.2, 0.25) is 0 Å². The molecule has 0 aliphatic carbocycles. The van der Waals surface area contributed by atoms with Crippen molar-refractivity contribution in [3.05, 3.63) is 24.3 Å². The fourth-order valence-electron chi connectivity index (χ4n) is 2.42. The zero-order valence-corrected chi connectivity index (χ0v) is 12.2. The van der Waals surface area contributed by atoms with E-state index in [4.69, 9.17) is 4.74 Å². The van der Waals surface area contributed by atoms with Gasteiger partial charge in [0.1, 0.15) is 5.75 Å². The third-order valence-corrected chi connectivity index (χ3v) is 3.51. The van der Waals surface area contributed by atoms with E-state index in [-0.39, 0.29) is 0 Å². The van der Waals surface area contributed by atoms with E-state index in [1.165, 1.54) is 12.1 Å². The molecule has 0 unspecified atom stereocenters. The van der Waals surface area contributed by atoms with Gasteiger partial charge in [-0.25, -0.2) is 0 Å². The predicted octanol–water partition coefficient (Wildman–Crippen LogP) is 2.91. The van der Waals surface area contributed by atoms with Crippen LogP contribution >= 0.6 is 0 Å². The minimum absolute atomic E-state index is 0.756. The topological polar surface area (TPSA) is 24.5 Å². The Kier molecular flexibility index (Phi) is 5.52. The average molecular weight is 262 g/mol. The molecule has 1 fully saturated rings. The third kappa shape index (κ3) is 4.43. The molecule has 3 nitrogen and oxygen atoms in total. The molecule has 1 saturated heterocycles. The maximum atomic E-state index is 5.98. The van der Waals surface area contributed by atoms with Crippen LogP contribution in [0.2, 0.25) is 0 Å². The number of para-hydroxylation sites is 2. The molecule has 19 heavy (non-hydrogen) atoms. The van der Waals surface area contributed by atoms with Gasteiger partial charge in [-0.15, -0.1) is 0 Å². The summed E-state index contributed by atoms with van der Waals surface area (Å²) in [5, 5.41) is 3.39. The van der Waals surface area contributed by atoms with Crippen molar-refractivity contribution in [2.24, 2.45) is 5.92 Å². The van der Waals surface area contributed by atoms with Crippen LogP contribution in [0.3, 0.4) is 0 Å². The summed E-state index contributed by atoms with van der Waals surface area (Å²) < 4.78 is 5.98. The lowest BCUT2D eigenvalue weighted by Crippen LogP contribution is -2.43. The smallest absolute Gasteiger partial charge is 0.142 e. The molecule has 0 aromatic heterocycles. The summed E-state index contributed by atoms with van der Waals surface area (Å²) in [4.78, 5) is 2.41. The van der Waals surface area contributed by atoms with Crippen LogP contribution in [0.25, 0.3) is 0 Å². The lowest BCUT2D eigenvalue weighted by atomic mass is 10.1. The summed E-state index contributed by atoms with van der Waals surface area (Å²) >= 11 is 0. The minimum Gasteiger partial charge on any atom is -0.491 e. The van der Waals surface area contributed by atoms with E-state index in [1.54, 1.807) is 0 Å². The van der Waals surface area contributed by atoms with Crippen molar-refractivity contribution in [1.29, 1.82) is 0 Å². The van der Waals surface area contributed by atoms with Gasteiger partial charge in [0.05, 0.1) is 12.3 Å². The quantitative estimate of drug-likeness (QED) is 0.798. The molecule has 2 rings (SSSR count). The van der Waals surface area contributed by atoms with Gasteiger partial charge in [0, 0.05) is 26.2 Å². The molecule has 1 aliphatic heterocycles. The van der Waals surface area contributed by atoms with E-state index in [0.29, 0.717) is 0 Å². The number of anilines is 1. The Labute approximate surface area is 116 Å². The van der Waals surface area contributed by atoms with Gasteiger partial charge in [-0.3, -0.25) is 0 Å². The van der Waals surface area contributed by atoms with Crippen molar-refractivity contribution < 1.29 is 4.74 Å². The summed E-state index contributed by atoms with van der Waals surface area (Å²) in [7, 11) is 0. The van der Waals surface area contributed by atoms with Crippen LogP contribution in [-0.2, 0) is 0 Å². The van der Waals surface area contributed by atoms with Gasteiger partial charge >= 0.3 is 0 Å². The molecule has 1 heterocycles. The van der Waals surface area contributed by atoms with E-state index in [1.807, 2.05) is 0 Å². The molecule has 0 atom stereocenters. The predicted molar refractivity (Wildman–Crippen MR) is 81.1 cm³/mol. The number of ether oxygens (including phenoxy) is 1. The Morgan fingerprint density at radius 1 is 1.21 bits per heavy atom. The molecular weight excluding hydrogens is 236 g/mol. The zero-order valence-electron chi connectivity index (χ0n) is 12.2. The first-order valence-electron chi connectivity index (χ1n) is 7.45. The Balaban J connectivity index is 1.92.